The van der Waals surface area contributed by atoms with Gasteiger partial charge in [-0.1, -0.05) is 41.9 Å². The minimum Gasteiger partial charge on any atom is -0.398 e. The molecule has 0 heterocycles. The van der Waals surface area contributed by atoms with E-state index in [0.717, 1.165) is 5.56 Å². The second-order valence-electron chi connectivity index (χ2n) is 5.24. The third-order valence-electron chi connectivity index (χ3n) is 3.32. The van der Waals surface area contributed by atoms with Crippen LogP contribution in [-0.4, -0.2) is 16.8 Å². The van der Waals surface area contributed by atoms with Gasteiger partial charge < -0.3 is 10.6 Å². The van der Waals surface area contributed by atoms with Crippen molar-refractivity contribution < 1.29 is 4.79 Å². The van der Waals surface area contributed by atoms with Gasteiger partial charge in [-0.25, -0.2) is 0 Å². The fourth-order valence-corrected chi connectivity index (χ4v) is 2.33. The van der Waals surface area contributed by atoms with Crippen LogP contribution in [0.15, 0.2) is 48.5 Å². The molecule has 0 bridgehead atoms. The van der Waals surface area contributed by atoms with Crippen LogP contribution in [0.2, 0.25) is 5.02 Å². The Hall–Kier alpha value is -2.00. The first-order chi connectivity index (χ1) is 9.99. The summed E-state index contributed by atoms with van der Waals surface area (Å²) >= 11 is 5.89. The number of carbonyl (C=O) groups is 1. The standard InChI is InChI=1S/C17H19ClN2O/c1-12(2)20(11-13-6-4-3-5-7-13)17(21)15-9-8-14(18)10-16(15)19/h3-10,12H,11,19H2,1-2H3. The van der Waals surface area contributed by atoms with E-state index in [2.05, 4.69) is 0 Å². The smallest absolute Gasteiger partial charge is 0.256 e. The Labute approximate surface area is 130 Å². The summed E-state index contributed by atoms with van der Waals surface area (Å²) in [6.07, 6.45) is 0. The molecule has 2 aromatic rings. The van der Waals surface area contributed by atoms with Crippen molar-refractivity contribution in [3.63, 3.8) is 0 Å². The highest BCUT2D eigenvalue weighted by molar-refractivity contribution is 6.31. The van der Waals surface area contributed by atoms with Crippen LogP contribution in [0.3, 0.4) is 0 Å². The van der Waals surface area contributed by atoms with Crippen LogP contribution < -0.4 is 5.73 Å². The van der Waals surface area contributed by atoms with Crippen molar-refractivity contribution in [2.24, 2.45) is 0 Å². The number of amides is 1. The van der Waals surface area contributed by atoms with Crippen LogP contribution in [-0.2, 0) is 6.54 Å². The van der Waals surface area contributed by atoms with Gasteiger partial charge in [-0.3, -0.25) is 4.79 Å². The predicted octanol–water partition coefficient (Wildman–Crippen LogP) is 3.97. The Morgan fingerprint density at radius 1 is 1.19 bits per heavy atom. The number of benzene rings is 2. The number of carbonyl (C=O) groups excluding carboxylic acids is 1. The Morgan fingerprint density at radius 3 is 2.43 bits per heavy atom. The maximum atomic E-state index is 12.7. The lowest BCUT2D eigenvalue weighted by Gasteiger charge is -2.27. The first-order valence-corrected chi connectivity index (χ1v) is 7.26. The maximum absolute atomic E-state index is 12.7. The van der Waals surface area contributed by atoms with E-state index in [1.807, 2.05) is 44.2 Å². The molecule has 2 aromatic carbocycles. The average Bonchev–Trinajstić information content (AvgIpc) is 2.45. The summed E-state index contributed by atoms with van der Waals surface area (Å²) in [5, 5.41) is 0.531. The number of nitrogen functional groups attached to an aromatic ring is 1. The van der Waals surface area contributed by atoms with Gasteiger partial charge >= 0.3 is 0 Å². The molecule has 2 rings (SSSR count). The van der Waals surface area contributed by atoms with Gasteiger partial charge in [-0.05, 0) is 37.6 Å². The van der Waals surface area contributed by atoms with E-state index in [0.29, 0.717) is 22.8 Å². The molecule has 110 valence electrons. The molecule has 0 aliphatic heterocycles. The van der Waals surface area contributed by atoms with Gasteiger partial charge in [-0.2, -0.15) is 0 Å². The molecule has 0 saturated carbocycles. The number of anilines is 1. The van der Waals surface area contributed by atoms with Gasteiger partial charge in [0.1, 0.15) is 0 Å². The van der Waals surface area contributed by atoms with Crippen molar-refractivity contribution >= 4 is 23.2 Å². The molecule has 0 fully saturated rings. The fourth-order valence-electron chi connectivity index (χ4n) is 2.15. The number of nitrogens with two attached hydrogens (primary N) is 1. The van der Waals surface area contributed by atoms with Crippen LogP contribution in [0.4, 0.5) is 5.69 Å². The van der Waals surface area contributed by atoms with Gasteiger partial charge in [0.25, 0.3) is 5.91 Å². The van der Waals surface area contributed by atoms with E-state index < -0.39 is 0 Å². The lowest BCUT2D eigenvalue weighted by atomic mass is 10.1. The molecule has 4 heteroatoms. The SMILES string of the molecule is CC(C)N(Cc1ccccc1)C(=O)c1ccc(Cl)cc1N. The minimum atomic E-state index is -0.0805. The number of rotatable bonds is 4. The van der Waals surface area contributed by atoms with Crippen LogP contribution in [0, 0.1) is 0 Å². The number of hydrogen-bond acceptors (Lipinski definition) is 2. The summed E-state index contributed by atoms with van der Waals surface area (Å²) in [6.45, 7) is 4.54. The highest BCUT2D eigenvalue weighted by atomic mass is 35.5. The van der Waals surface area contributed by atoms with Gasteiger partial charge in [-0.15, -0.1) is 0 Å². The zero-order valence-electron chi connectivity index (χ0n) is 12.2. The molecule has 0 aromatic heterocycles. The molecular weight excluding hydrogens is 284 g/mol. The molecule has 0 atom stereocenters. The zero-order valence-corrected chi connectivity index (χ0v) is 13.0. The maximum Gasteiger partial charge on any atom is 0.256 e. The van der Waals surface area contributed by atoms with Crippen molar-refractivity contribution in [1.29, 1.82) is 0 Å². The largest absolute Gasteiger partial charge is 0.398 e. The van der Waals surface area contributed by atoms with Gasteiger partial charge in [0.15, 0.2) is 0 Å². The fraction of sp³-hybridized carbons (Fsp3) is 0.235. The van der Waals surface area contributed by atoms with Crippen molar-refractivity contribution in [2.75, 3.05) is 5.73 Å². The van der Waals surface area contributed by atoms with E-state index in [1.165, 1.54) is 0 Å². The van der Waals surface area contributed by atoms with E-state index in [4.69, 9.17) is 17.3 Å². The Kier molecular flexibility index (Phi) is 4.86. The minimum absolute atomic E-state index is 0.0767. The average molecular weight is 303 g/mol. The molecule has 2 N–H and O–H groups in total. The summed E-state index contributed by atoms with van der Waals surface area (Å²) in [5.74, 6) is -0.0805. The number of hydrogen-bond donors (Lipinski definition) is 1. The van der Waals surface area contributed by atoms with E-state index in [-0.39, 0.29) is 11.9 Å². The molecule has 1 amide bonds. The zero-order chi connectivity index (χ0) is 15.4. The lowest BCUT2D eigenvalue weighted by molar-refractivity contribution is 0.0691. The molecule has 21 heavy (non-hydrogen) atoms. The number of nitrogens with zero attached hydrogens (tertiary/aromatic N) is 1. The van der Waals surface area contributed by atoms with E-state index in [1.54, 1.807) is 23.1 Å². The van der Waals surface area contributed by atoms with Crippen molar-refractivity contribution in [1.82, 2.24) is 4.90 Å². The highest BCUT2D eigenvalue weighted by Crippen LogP contribution is 2.21. The molecular formula is C17H19ClN2O. The van der Waals surface area contributed by atoms with Crippen molar-refractivity contribution in [2.45, 2.75) is 26.4 Å². The third-order valence-corrected chi connectivity index (χ3v) is 3.56. The molecule has 0 radical (unpaired) electrons. The monoisotopic (exact) mass is 302 g/mol. The quantitative estimate of drug-likeness (QED) is 0.869. The van der Waals surface area contributed by atoms with E-state index >= 15 is 0 Å². The summed E-state index contributed by atoms with van der Waals surface area (Å²) in [5.41, 5.74) is 7.91. The molecule has 0 saturated heterocycles. The van der Waals surface area contributed by atoms with Crippen LogP contribution in [0.25, 0.3) is 0 Å². The van der Waals surface area contributed by atoms with Gasteiger partial charge in [0, 0.05) is 23.3 Å². The molecule has 0 unspecified atom stereocenters. The highest BCUT2D eigenvalue weighted by Gasteiger charge is 2.21. The Bertz CT molecular complexity index is 626. The third kappa shape index (κ3) is 3.76. The lowest BCUT2D eigenvalue weighted by Crippen LogP contribution is -2.36. The second-order valence-corrected chi connectivity index (χ2v) is 5.68. The van der Waals surface area contributed by atoms with Gasteiger partial charge in [0.2, 0.25) is 0 Å². The second kappa shape index (κ2) is 6.64. The molecule has 3 nitrogen and oxygen atoms in total. The van der Waals surface area contributed by atoms with Crippen LogP contribution in [0.5, 0.6) is 0 Å². The predicted molar refractivity (Wildman–Crippen MR) is 87.3 cm³/mol. The summed E-state index contributed by atoms with van der Waals surface area (Å²) in [4.78, 5) is 14.5. The topological polar surface area (TPSA) is 46.3 Å². The van der Waals surface area contributed by atoms with Crippen molar-refractivity contribution in [3.8, 4) is 0 Å². The summed E-state index contributed by atoms with van der Waals surface area (Å²) in [6, 6.07) is 15.0. The Morgan fingerprint density at radius 2 is 1.86 bits per heavy atom. The van der Waals surface area contributed by atoms with Crippen LogP contribution >= 0.6 is 11.6 Å². The first kappa shape index (κ1) is 15.4. The molecule has 0 aliphatic rings. The number of halogens is 1. The van der Waals surface area contributed by atoms with Crippen molar-refractivity contribution in [3.05, 3.63) is 64.7 Å². The van der Waals surface area contributed by atoms with Crippen LogP contribution in [0.1, 0.15) is 29.8 Å². The van der Waals surface area contributed by atoms with E-state index in [9.17, 15) is 4.79 Å². The first-order valence-electron chi connectivity index (χ1n) is 6.89. The normalized spacial score (nSPS) is 10.7. The molecule has 0 aliphatic carbocycles. The Balaban J connectivity index is 2.27. The summed E-state index contributed by atoms with van der Waals surface area (Å²) in [7, 11) is 0. The summed E-state index contributed by atoms with van der Waals surface area (Å²) < 4.78 is 0. The van der Waals surface area contributed by atoms with Gasteiger partial charge in [0.05, 0.1) is 5.56 Å². The molecule has 0 spiro atoms.